The van der Waals surface area contributed by atoms with Crippen LogP contribution in [0.25, 0.3) is 32.6 Å². The lowest BCUT2D eigenvalue weighted by atomic mass is 9.99. The minimum absolute atomic E-state index is 0.119. The first-order chi connectivity index (χ1) is 18.2. The molecule has 0 aliphatic heterocycles. The lowest BCUT2D eigenvalue weighted by Gasteiger charge is -2.10. The second-order valence-electron chi connectivity index (χ2n) is 8.53. The predicted molar refractivity (Wildman–Crippen MR) is 152 cm³/mol. The quantitative estimate of drug-likeness (QED) is 0.170. The number of non-ortho nitro benzene ring substituents is 1. The van der Waals surface area contributed by atoms with Crippen molar-refractivity contribution >= 4 is 56.1 Å². The highest BCUT2D eigenvalue weighted by Crippen LogP contribution is 2.42. The van der Waals surface area contributed by atoms with Gasteiger partial charge in [-0.15, -0.1) is 11.3 Å². The number of nitrogens with one attached hydrogen (secondary N) is 1. The van der Waals surface area contributed by atoms with E-state index < -0.39 is 10.8 Å². The third kappa shape index (κ3) is 4.77. The zero-order chi connectivity index (χ0) is 27.0. The number of hydrogen-bond donors (Lipinski definition) is 2. The topological polar surface area (TPSA) is 120 Å². The maximum absolute atomic E-state index is 13.3. The Bertz CT molecular complexity index is 1700. The third-order valence-corrected chi connectivity index (χ3v) is 7.48. The number of carbonyl (C=O) groups is 1. The van der Waals surface area contributed by atoms with E-state index in [-0.39, 0.29) is 16.3 Å². The molecular formula is C28H21ClN4O4S. The number of nitrogens with zero attached hydrogens (tertiary/aromatic N) is 2. The van der Waals surface area contributed by atoms with Gasteiger partial charge < -0.3 is 15.8 Å². The maximum Gasteiger partial charge on any atom is 0.271 e. The van der Waals surface area contributed by atoms with Crippen molar-refractivity contribution in [3.8, 4) is 28.1 Å². The lowest BCUT2D eigenvalue weighted by Crippen LogP contribution is -2.13. The molecule has 1 amide bonds. The Morgan fingerprint density at radius 2 is 1.74 bits per heavy atom. The highest BCUT2D eigenvalue weighted by atomic mass is 35.5. The van der Waals surface area contributed by atoms with Crippen LogP contribution in [0.1, 0.15) is 15.2 Å². The van der Waals surface area contributed by atoms with Crippen LogP contribution in [-0.4, -0.2) is 22.9 Å². The molecule has 8 nitrogen and oxygen atoms in total. The Labute approximate surface area is 226 Å². The van der Waals surface area contributed by atoms with Crippen molar-refractivity contribution in [1.82, 2.24) is 4.98 Å². The standard InChI is InChI=1S/C28H21ClN4O4S/c1-15-3-10-19(33(35)36)13-22(15)31-27(34)26-25(30)24-21(16-4-8-18(29)9-5-16)14-23(32-28(24)38-26)17-6-11-20(37-2)12-7-17/h3-14H,30H2,1-2H3,(H,31,34). The molecular weight excluding hydrogens is 524 g/mol. The molecule has 0 spiro atoms. The van der Waals surface area contributed by atoms with Gasteiger partial charge >= 0.3 is 0 Å². The van der Waals surface area contributed by atoms with Gasteiger partial charge in [0.25, 0.3) is 11.6 Å². The highest BCUT2D eigenvalue weighted by molar-refractivity contribution is 7.21. The number of ether oxygens (including phenoxy) is 1. The molecule has 0 bridgehead atoms. The zero-order valence-corrected chi connectivity index (χ0v) is 21.9. The average Bonchev–Trinajstić information content (AvgIpc) is 3.26. The number of anilines is 2. The van der Waals surface area contributed by atoms with Crippen LogP contribution < -0.4 is 15.8 Å². The molecule has 0 radical (unpaired) electrons. The van der Waals surface area contributed by atoms with Gasteiger partial charge in [-0.2, -0.15) is 0 Å². The number of methoxy groups -OCH3 is 1. The van der Waals surface area contributed by atoms with Crippen molar-refractivity contribution < 1.29 is 14.5 Å². The first kappa shape index (κ1) is 25.2. The monoisotopic (exact) mass is 544 g/mol. The van der Waals surface area contributed by atoms with Gasteiger partial charge in [-0.25, -0.2) is 4.98 Å². The Hall–Kier alpha value is -4.47. The molecule has 0 atom stereocenters. The minimum atomic E-state index is -0.508. The molecule has 0 unspecified atom stereocenters. The second-order valence-corrected chi connectivity index (χ2v) is 9.96. The van der Waals surface area contributed by atoms with E-state index in [4.69, 9.17) is 27.1 Å². The first-order valence-corrected chi connectivity index (χ1v) is 12.6. The zero-order valence-electron chi connectivity index (χ0n) is 20.3. The van der Waals surface area contributed by atoms with E-state index in [9.17, 15) is 14.9 Å². The summed E-state index contributed by atoms with van der Waals surface area (Å²) in [6, 6.07) is 21.1. The number of nitrogen functional groups attached to an aromatic ring is 1. The summed E-state index contributed by atoms with van der Waals surface area (Å²) in [5, 5.41) is 15.2. The van der Waals surface area contributed by atoms with E-state index in [2.05, 4.69) is 5.32 Å². The van der Waals surface area contributed by atoms with Crippen LogP contribution in [-0.2, 0) is 0 Å². The number of nitro benzene ring substituents is 1. The van der Waals surface area contributed by atoms with Gasteiger partial charge in [0, 0.05) is 28.1 Å². The molecule has 2 heterocycles. The van der Waals surface area contributed by atoms with Gasteiger partial charge in [-0.1, -0.05) is 29.8 Å². The van der Waals surface area contributed by atoms with Gasteiger partial charge in [0.1, 0.15) is 15.5 Å². The van der Waals surface area contributed by atoms with Gasteiger partial charge in [0.05, 0.1) is 29.1 Å². The van der Waals surface area contributed by atoms with Crippen molar-refractivity contribution in [3.05, 3.63) is 98.4 Å². The minimum Gasteiger partial charge on any atom is -0.497 e. The van der Waals surface area contributed by atoms with Crippen LogP contribution in [0.5, 0.6) is 5.75 Å². The van der Waals surface area contributed by atoms with Crippen LogP contribution in [0.2, 0.25) is 5.02 Å². The number of amides is 1. The largest absolute Gasteiger partial charge is 0.497 e. The lowest BCUT2D eigenvalue weighted by molar-refractivity contribution is -0.384. The van der Waals surface area contributed by atoms with Crippen LogP contribution in [0.4, 0.5) is 17.1 Å². The van der Waals surface area contributed by atoms with Gasteiger partial charge in [0.2, 0.25) is 0 Å². The smallest absolute Gasteiger partial charge is 0.271 e. The Morgan fingerprint density at radius 3 is 2.39 bits per heavy atom. The first-order valence-electron chi connectivity index (χ1n) is 11.4. The van der Waals surface area contributed by atoms with Crippen LogP contribution in [0, 0.1) is 17.0 Å². The molecule has 5 aromatic rings. The van der Waals surface area contributed by atoms with E-state index in [1.54, 1.807) is 32.2 Å². The normalized spacial score (nSPS) is 10.9. The molecule has 38 heavy (non-hydrogen) atoms. The van der Waals surface area contributed by atoms with Crippen molar-refractivity contribution in [1.29, 1.82) is 0 Å². The summed E-state index contributed by atoms with van der Waals surface area (Å²) >= 11 is 7.29. The third-order valence-electron chi connectivity index (χ3n) is 6.13. The van der Waals surface area contributed by atoms with Crippen molar-refractivity contribution in [2.75, 3.05) is 18.2 Å². The molecule has 0 aliphatic rings. The van der Waals surface area contributed by atoms with Crippen molar-refractivity contribution in [3.63, 3.8) is 0 Å². The number of aryl methyl sites for hydroxylation is 1. The number of aromatic nitrogens is 1. The van der Waals surface area contributed by atoms with Crippen LogP contribution in [0.3, 0.4) is 0 Å². The molecule has 0 fully saturated rings. The van der Waals surface area contributed by atoms with Crippen LogP contribution >= 0.6 is 22.9 Å². The Morgan fingerprint density at radius 1 is 1.05 bits per heavy atom. The molecule has 0 saturated carbocycles. The van der Waals surface area contributed by atoms with Gasteiger partial charge in [0.15, 0.2) is 0 Å². The average molecular weight is 545 g/mol. The second kappa shape index (κ2) is 10.1. The fraction of sp³-hybridized carbons (Fsp3) is 0.0714. The molecule has 190 valence electrons. The number of carbonyl (C=O) groups excluding carboxylic acids is 1. The number of rotatable bonds is 6. The summed E-state index contributed by atoms with van der Waals surface area (Å²) in [5.41, 5.74) is 11.0. The maximum atomic E-state index is 13.3. The van der Waals surface area contributed by atoms with E-state index in [1.807, 2.05) is 42.5 Å². The van der Waals surface area contributed by atoms with E-state index in [1.165, 1.54) is 12.1 Å². The summed E-state index contributed by atoms with van der Waals surface area (Å²) in [6.07, 6.45) is 0. The van der Waals surface area contributed by atoms with Crippen molar-refractivity contribution in [2.45, 2.75) is 6.92 Å². The number of hydrogen-bond acceptors (Lipinski definition) is 7. The number of halogens is 1. The van der Waals surface area contributed by atoms with Gasteiger partial charge in [-0.05, 0) is 66.1 Å². The molecule has 3 N–H and O–H groups in total. The SMILES string of the molecule is COc1ccc(-c2cc(-c3ccc(Cl)cc3)c3c(N)c(C(=O)Nc4cc([N+](=O)[O-])ccc4C)sc3n2)cc1. The summed E-state index contributed by atoms with van der Waals surface area (Å²) < 4.78 is 5.27. The summed E-state index contributed by atoms with van der Waals surface area (Å²) in [6.45, 7) is 1.76. The van der Waals surface area contributed by atoms with Gasteiger partial charge in [-0.3, -0.25) is 14.9 Å². The summed E-state index contributed by atoms with van der Waals surface area (Å²) in [4.78, 5) is 29.7. The number of nitro groups is 1. The molecule has 0 aliphatic carbocycles. The molecule has 0 saturated heterocycles. The molecule has 3 aromatic carbocycles. The number of fused-ring (bicyclic) bond motifs is 1. The number of pyridine rings is 1. The number of thiophene rings is 1. The molecule has 2 aromatic heterocycles. The van der Waals surface area contributed by atoms with Crippen molar-refractivity contribution in [2.24, 2.45) is 0 Å². The fourth-order valence-corrected chi connectivity index (χ4v) is 5.23. The Kier molecular flexibility index (Phi) is 6.71. The Balaban J connectivity index is 1.64. The highest BCUT2D eigenvalue weighted by Gasteiger charge is 2.23. The summed E-state index contributed by atoms with van der Waals surface area (Å²) in [5.74, 6) is 0.255. The summed E-state index contributed by atoms with van der Waals surface area (Å²) in [7, 11) is 1.61. The molecule has 5 rings (SSSR count). The van der Waals surface area contributed by atoms with E-state index in [0.29, 0.717) is 32.2 Å². The molecule has 10 heteroatoms. The number of nitrogens with two attached hydrogens (primary N) is 1. The number of benzene rings is 3. The van der Waals surface area contributed by atoms with E-state index >= 15 is 0 Å². The van der Waals surface area contributed by atoms with Crippen LogP contribution in [0.15, 0.2) is 72.8 Å². The fourth-order valence-electron chi connectivity index (χ4n) is 4.09. The van der Waals surface area contributed by atoms with E-state index in [0.717, 1.165) is 33.8 Å². The predicted octanol–water partition coefficient (Wildman–Crippen LogP) is 7.34.